The predicted molar refractivity (Wildman–Crippen MR) is 210 cm³/mol. The quantitative estimate of drug-likeness (QED) is 0.170. The Morgan fingerprint density at radius 3 is 1.14 bits per heavy atom. The number of aromatic nitrogens is 2. The van der Waals surface area contributed by atoms with Crippen molar-refractivity contribution in [1.29, 1.82) is 0 Å². The molecule has 0 bridgehead atoms. The largest absolute Gasteiger partial charge is 0.228 e. The fourth-order valence-electron chi connectivity index (χ4n) is 7.11. The molecule has 0 aliphatic rings. The zero-order chi connectivity index (χ0) is 33.3. The third-order valence-electron chi connectivity index (χ3n) is 9.49. The Morgan fingerprint density at radius 2 is 0.600 bits per heavy atom. The standard InChI is InChI=1S/C48H32N2/c1-4-15-33(16-5-1)34-27-29-36(30-28-34)45-32-44(35-17-6-2-7-18-35)49-48(50-45)39-22-14-21-38(31-39)47-42-25-12-10-23-40(42)46(37-19-8-3-9-20-37)41-24-11-13-26-43(41)47/h1-32H. The lowest BCUT2D eigenvalue weighted by molar-refractivity contribution is 1.18. The molecule has 0 saturated carbocycles. The van der Waals surface area contributed by atoms with E-state index in [2.05, 4.69) is 182 Å². The van der Waals surface area contributed by atoms with Gasteiger partial charge in [0.05, 0.1) is 11.4 Å². The molecule has 2 nitrogen and oxygen atoms in total. The van der Waals surface area contributed by atoms with Crippen molar-refractivity contribution >= 4 is 21.5 Å². The molecule has 2 heteroatoms. The van der Waals surface area contributed by atoms with Gasteiger partial charge in [0.25, 0.3) is 0 Å². The Balaban J connectivity index is 1.22. The SMILES string of the molecule is c1ccc(-c2ccc(-c3cc(-c4ccccc4)nc(-c4cccc(-c5c6ccccc6c(-c6ccccc6)c6ccccc56)c4)n3)cc2)cc1. The summed E-state index contributed by atoms with van der Waals surface area (Å²) in [6.45, 7) is 0. The van der Waals surface area contributed by atoms with Crippen LogP contribution in [0.5, 0.6) is 0 Å². The second-order valence-corrected chi connectivity index (χ2v) is 12.6. The van der Waals surface area contributed by atoms with Crippen LogP contribution in [0.3, 0.4) is 0 Å². The highest BCUT2D eigenvalue weighted by Crippen LogP contribution is 2.44. The Bertz CT molecular complexity index is 2550. The topological polar surface area (TPSA) is 25.8 Å². The van der Waals surface area contributed by atoms with E-state index in [1.165, 1.54) is 49.4 Å². The molecule has 0 amide bonds. The average Bonchev–Trinajstić information content (AvgIpc) is 3.21. The zero-order valence-corrected chi connectivity index (χ0v) is 27.4. The summed E-state index contributed by atoms with van der Waals surface area (Å²) in [5, 5.41) is 4.92. The summed E-state index contributed by atoms with van der Waals surface area (Å²) < 4.78 is 0. The van der Waals surface area contributed by atoms with Gasteiger partial charge in [-0.3, -0.25) is 0 Å². The van der Waals surface area contributed by atoms with Gasteiger partial charge < -0.3 is 0 Å². The van der Waals surface area contributed by atoms with Gasteiger partial charge in [-0.2, -0.15) is 0 Å². The van der Waals surface area contributed by atoms with Crippen LogP contribution in [-0.4, -0.2) is 9.97 Å². The van der Waals surface area contributed by atoms with Crippen LogP contribution in [0.2, 0.25) is 0 Å². The van der Waals surface area contributed by atoms with Crippen LogP contribution in [0.1, 0.15) is 0 Å². The van der Waals surface area contributed by atoms with Crippen molar-refractivity contribution in [3.05, 3.63) is 194 Å². The van der Waals surface area contributed by atoms with Crippen molar-refractivity contribution in [2.45, 2.75) is 0 Å². The maximum absolute atomic E-state index is 5.20. The van der Waals surface area contributed by atoms with E-state index in [1.807, 2.05) is 12.1 Å². The molecule has 8 aromatic carbocycles. The molecular formula is C48H32N2. The number of rotatable bonds is 6. The fourth-order valence-corrected chi connectivity index (χ4v) is 7.11. The summed E-state index contributed by atoms with van der Waals surface area (Å²) >= 11 is 0. The molecule has 9 aromatic rings. The Morgan fingerprint density at radius 1 is 0.240 bits per heavy atom. The van der Waals surface area contributed by atoms with Crippen LogP contribution in [0.4, 0.5) is 0 Å². The van der Waals surface area contributed by atoms with Gasteiger partial charge in [-0.1, -0.05) is 182 Å². The average molecular weight is 637 g/mol. The fraction of sp³-hybridized carbons (Fsp3) is 0. The third-order valence-corrected chi connectivity index (χ3v) is 9.49. The number of nitrogens with zero attached hydrogens (tertiary/aromatic N) is 2. The van der Waals surface area contributed by atoms with Crippen LogP contribution in [0.25, 0.3) is 88.8 Å². The summed E-state index contributed by atoms with van der Waals surface area (Å²) in [5.74, 6) is 0.699. The minimum absolute atomic E-state index is 0.699. The lowest BCUT2D eigenvalue weighted by atomic mass is 9.85. The molecule has 0 radical (unpaired) electrons. The Labute approximate surface area is 292 Å². The van der Waals surface area contributed by atoms with Crippen molar-refractivity contribution in [1.82, 2.24) is 9.97 Å². The van der Waals surface area contributed by atoms with Gasteiger partial charge in [0.15, 0.2) is 5.82 Å². The van der Waals surface area contributed by atoms with Crippen molar-refractivity contribution in [3.63, 3.8) is 0 Å². The van der Waals surface area contributed by atoms with Gasteiger partial charge in [-0.25, -0.2) is 9.97 Å². The second kappa shape index (κ2) is 12.8. The normalized spacial score (nSPS) is 11.2. The monoisotopic (exact) mass is 636 g/mol. The first-order valence-electron chi connectivity index (χ1n) is 17.0. The van der Waals surface area contributed by atoms with Gasteiger partial charge in [-0.05, 0) is 67.1 Å². The molecule has 50 heavy (non-hydrogen) atoms. The maximum atomic E-state index is 5.20. The van der Waals surface area contributed by atoms with Crippen LogP contribution in [-0.2, 0) is 0 Å². The number of fused-ring (bicyclic) bond motifs is 2. The molecule has 0 saturated heterocycles. The van der Waals surface area contributed by atoms with Gasteiger partial charge in [-0.15, -0.1) is 0 Å². The lowest BCUT2D eigenvalue weighted by Crippen LogP contribution is -1.96. The molecule has 0 aliphatic carbocycles. The van der Waals surface area contributed by atoms with Gasteiger partial charge in [0.1, 0.15) is 0 Å². The van der Waals surface area contributed by atoms with E-state index >= 15 is 0 Å². The van der Waals surface area contributed by atoms with Crippen LogP contribution < -0.4 is 0 Å². The molecule has 0 N–H and O–H groups in total. The highest BCUT2D eigenvalue weighted by Gasteiger charge is 2.18. The van der Waals surface area contributed by atoms with Crippen molar-refractivity contribution in [2.75, 3.05) is 0 Å². The Hall–Kier alpha value is -6.64. The molecule has 234 valence electrons. The lowest BCUT2D eigenvalue weighted by Gasteiger charge is -2.18. The maximum Gasteiger partial charge on any atom is 0.160 e. The van der Waals surface area contributed by atoms with E-state index in [0.29, 0.717) is 5.82 Å². The molecular weight excluding hydrogens is 605 g/mol. The highest BCUT2D eigenvalue weighted by molar-refractivity contribution is 6.21. The predicted octanol–water partition coefficient (Wildman–Crippen LogP) is 12.8. The van der Waals surface area contributed by atoms with Crippen LogP contribution >= 0.6 is 0 Å². The molecule has 0 fully saturated rings. The summed E-state index contributed by atoms with van der Waals surface area (Å²) in [5.41, 5.74) is 12.1. The van der Waals surface area contributed by atoms with E-state index in [0.717, 1.165) is 33.6 Å². The smallest absolute Gasteiger partial charge is 0.160 e. The highest BCUT2D eigenvalue weighted by atomic mass is 14.9. The summed E-state index contributed by atoms with van der Waals surface area (Å²) in [6, 6.07) is 68.6. The molecule has 0 unspecified atom stereocenters. The first-order valence-corrected chi connectivity index (χ1v) is 17.0. The minimum atomic E-state index is 0.699. The summed E-state index contributed by atoms with van der Waals surface area (Å²) in [4.78, 5) is 10.4. The molecule has 1 heterocycles. The summed E-state index contributed by atoms with van der Waals surface area (Å²) in [7, 11) is 0. The molecule has 1 aromatic heterocycles. The zero-order valence-electron chi connectivity index (χ0n) is 27.4. The first kappa shape index (κ1) is 29.5. The Kier molecular flexibility index (Phi) is 7.53. The van der Waals surface area contributed by atoms with E-state index in [1.54, 1.807) is 0 Å². The van der Waals surface area contributed by atoms with E-state index in [4.69, 9.17) is 9.97 Å². The van der Waals surface area contributed by atoms with E-state index in [9.17, 15) is 0 Å². The number of benzene rings is 8. The van der Waals surface area contributed by atoms with Gasteiger partial charge in [0.2, 0.25) is 0 Å². The number of hydrogen-bond acceptors (Lipinski definition) is 2. The van der Waals surface area contributed by atoms with E-state index in [-0.39, 0.29) is 0 Å². The first-order chi connectivity index (χ1) is 24.8. The van der Waals surface area contributed by atoms with Crippen LogP contribution in [0.15, 0.2) is 194 Å². The van der Waals surface area contributed by atoms with Crippen molar-refractivity contribution in [2.24, 2.45) is 0 Å². The van der Waals surface area contributed by atoms with Crippen molar-refractivity contribution < 1.29 is 0 Å². The minimum Gasteiger partial charge on any atom is -0.228 e. The van der Waals surface area contributed by atoms with Gasteiger partial charge in [0, 0.05) is 16.7 Å². The van der Waals surface area contributed by atoms with Crippen molar-refractivity contribution in [3.8, 4) is 67.3 Å². The molecule has 0 atom stereocenters. The molecule has 0 spiro atoms. The third kappa shape index (κ3) is 5.43. The number of hydrogen-bond donors (Lipinski definition) is 0. The van der Waals surface area contributed by atoms with Gasteiger partial charge >= 0.3 is 0 Å². The van der Waals surface area contributed by atoms with Crippen LogP contribution in [0, 0.1) is 0 Å². The molecule has 9 rings (SSSR count). The summed E-state index contributed by atoms with van der Waals surface area (Å²) in [6.07, 6.45) is 0. The van der Waals surface area contributed by atoms with E-state index < -0.39 is 0 Å². The molecule has 0 aliphatic heterocycles. The second-order valence-electron chi connectivity index (χ2n) is 12.6.